The first-order chi connectivity index (χ1) is 13.2. The fraction of sp³-hybridized carbons (Fsp3) is 0.550. The summed E-state index contributed by atoms with van der Waals surface area (Å²) >= 11 is 1.75. The lowest BCUT2D eigenvalue weighted by molar-refractivity contribution is 0.206. The zero-order valence-electron chi connectivity index (χ0n) is 15.7. The van der Waals surface area contributed by atoms with Crippen LogP contribution in [0.3, 0.4) is 0 Å². The number of rotatable bonds is 7. The predicted molar refractivity (Wildman–Crippen MR) is 105 cm³/mol. The van der Waals surface area contributed by atoms with E-state index < -0.39 is 0 Å². The van der Waals surface area contributed by atoms with E-state index in [1.54, 1.807) is 22.4 Å². The number of aryl methyl sites for hydroxylation is 2. The minimum absolute atomic E-state index is 0.0998. The second-order valence-corrected chi connectivity index (χ2v) is 8.63. The number of pyridine rings is 1. The van der Waals surface area contributed by atoms with E-state index in [1.807, 2.05) is 19.2 Å². The molecule has 1 N–H and O–H groups in total. The van der Waals surface area contributed by atoms with Crippen LogP contribution in [0, 0.1) is 5.92 Å². The Bertz CT molecular complexity index is 762. The number of nitrogens with zero attached hydrogens (tertiary/aromatic N) is 3. The first-order valence-electron chi connectivity index (χ1n) is 9.71. The van der Waals surface area contributed by atoms with E-state index in [-0.39, 0.29) is 6.03 Å². The monoisotopic (exact) mass is 386 g/mol. The van der Waals surface area contributed by atoms with Gasteiger partial charge >= 0.3 is 6.03 Å². The van der Waals surface area contributed by atoms with Gasteiger partial charge in [-0.3, -0.25) is 0 Å². The molecule has 27 heavy (non-hydrogen) atoms. The number of ether oxygens (including phenoxy) is 1. The number of amides is 2. The number of fused-ring (bicyclic) bond motifs is 1. The summed E-state index contributed by atoms with van der Waals surface area (Å²) in [5.74, 6) is 1.37. The summed E-state index contributed by atoms with van der Waals surface area (Å²) in [6.45, 7) is 1.76. The van der Waals surface area contributed by atoms with Crippen molar-refractivity contribution in [3.05, 3.63) is 39.5 Å². The van der Waals surface area contributed by atoms with Gasteiger partial charge in [0.2, 0.25) is 5.88 Å². The number of hydrogen-bond acceptors (Lipinski definition) is 5. The predicted octanol–water partition coefficient (Wildman–Crippen LogP) is 3.55. The Balaban J connectivity index is 1.23. The van der Waals surface area contributed by atoms with Gasteiger partial charge in [0.25, 0.3) is 0 Å². The Kier molecular flexibility index (Phi) is 5.57. The maximum absolute atomic E-state index is 12.4. The van der Waals surface area contributed by atoms with Crippen molar-refractivity contribution in [3.8, 4) is 5.88 Å². The lowest BCUT2D eigenvalue weighted by Gasteiger charge is -2.16. The lowest BCUT2D eigenvalue weighted by atomic mass is 10.0. The average molecular weight is 387 g/mol. The Hall–Kier alpha value is -2.15. The summed E-state index contributed by atoms with van der Waals surface area (Å²) in [5.41, 5.74) is 2.20. The van der Waals surface area contributed by atoms with Crippen molar-refractivity contribution in [2.75, 3.05) is 13.7 Å². The molecule has 0 saturated heterocycles. The maximum atomic E-state index is 12.4. The standard InChI is InChI=1S/C20H26N4O2S/c1-24(12-19-23-16-4-2-3-5-17(16)27-19)20(25)22-11-15-8-9-18(21-10-15)26-13-14-6-7-14/h8-10,14H,2-7,11-13H2,1H3,(H,22,25). The molecule has 0 bridgehead atoms. The van der Waals surface area contributed by atoms with Crippen molar-refractivity contribution in [3.63, 3.8) is 0 Å². The first-order valence-corrected chi connectivity index (χ1v) is 10.5. The zero-order valence-corrected chi connectivity index (χ0v) is 16.6. The average Bonchev–Trinajstić information content (AvgIpc) is 3.43. The molecule has 2 heterocycles. The van der Waals surface area contributed by atoms with E-state index in [4.69, 9.17) is 9.72 Å². The third-order valence-electron chi connectivity index (χ3n) is 5.01. The molecule has 2 aromatic heterocycles. The molecule has 1 saturated carbocycles. The van der Waals surface area contributed by atoms with Crippen molar-refractivity contribution < 1.29 is 9.53 Å². The van der Waals surface area contributed by atoms with Gasteiger partial charge in [-0.15, -0.1) is 11.3 Å². The summed E-state index contributed by atoms with van der Waals surface area (Å²) in [6.07, 6.45) is 8.99. The van der Waals surface area contributed by atoms with Crippen molar-refractivity contribution in [2.45, 2.75) is 51.6 Å². The molecule has 2 amide bonds. The molecule has 1 fully saturated rings. The SMILES string of the molecule is CN(Cc1nc2c(s1)CCCC2)C(=O)NCc1ccc(OCC2CC2)nc1. The second kappa shape index (κ2) is 8.25. The first kappa shape index (κ1) is 18.2. The van der Waals surface area contributed by atoms with E-state index in [9.17, 15) is 4.79 Å². The second-order valence-electron chi connectivity index (χ2n) is 7.46. The van der Waals surface area contributed by atoms with Crippen LogP contribution >= 0.6 is 11.3 Å². The third kappa shape index (κ3) is 4.97. The van der Waals surface area contributed by atoms with Gasteiger partial charge in [-0.05, 0) is 50.0 Å². The van der Waals surface area contributed by atoms with E-state index in [1.165, 1.54) is 36.3 Å². The number of thiazole rings is 1. The van der Waals surface area contributed by atoms with Gasteiger partial charge in [0.05, 0.1) is 18.8 Å². The van der Waals surface area contributed by atoms with Gasteiger partial charge in [-0.25, -0.2) is 14.8 Å². The Labute approximate surface area is 164 Å². The third-order valence-corrected chi connectivity index (χ3v) is 6.16. The summed E-state index contributed by atoms with van der Waals surface area (Å²) in [5, 5.41) is 3.97. The largest absolute Gasteiger partial charge is 0.477 e. The van der Waals surface area contributed by atoms with Crippen LogP contribution in [-0.2, 0) is 25.9 Å². The fourth-order valence-corrected chi connectivity index (χ4v) is 4.36. The lowest BCUT2D eigenvalue weighted by Crippen LogP contribution is -2.36. The van der Waals surface area contributed by atoms with Crippen LogP contribution in [-0.4, -0.2) is 34.6 Å². The normalized spacial score (nSPS) is 15.9. The molecule has 0 aromatic carbocycles. The summed E-state index contributed by atoms with van der Waals surface area (Å²) in [6, 6.07) is 3.72. The van der Waals surface area contributed by atoms with Crippen molar-refractivity contribution in [1.82, 2.24) is 20.2 Å². The molecule has 0 unspecified atom stereocenters. The van der Waals surface area contributed by atoms with Crippen LogP contribution < -0.4 is 10.1 Å². The van der Waals surface area contributed by atoms with Gasteiger partial charge in [0, 0.05) is 30.7 Å². The molecule has 4 rings (SSSR count). The van der Waals surface area contributed by atoms with Gasteiger partial charge in [-0.2, -0.15) is 0 Å². The van der Waals surface area contributed by atoms with Crippen LogP contribution in [0.1, 0.15) is 46.8 Å². The molecule has 144 valence electrons. The van der Waals surface area contributed by atoms with Crippen LogP contribution in [0.4, 0.5) is 4.79 Å². The highest BCUT2D eigenvalue weighted by atomic mass is 32.1. The maximum Gasteiger partial charge on any atom is 0.317 e. The molecular weight excluding hydrogens is 360 g/mol. The smallest absolute Gasteiger partial charge is 0.317 e. The molecule has 0 spiro atoms. The van der Waals surface area contributed by atoms with Crippen molar-refractivity contribution in [1.29, 1.82) is 0 Å². The van der Waals surface area contributed by atoms with Gasteiger partial charge in [0.15, 0.2) is 0 Å². The van der Waals surface area contributed by atoms with Gasteiger partial charge in [-0.1, -0.05) is 6.07 Å². The summed E-state index contributed by atoms with van der Waals surface area (Å²) in [7, 11) is 1.81. The van der Waals surface area contributed by atoms with Gasteiger partial charge in [0.1, 0.15) is 5.01 Å². The highest BCUT2D eigenvalue weighted by Crippen LogP contribution is 2.29. The van der Waals surface area contributed by atoms with E-state index in [0.717, 1.165) is 30.0 Å². The zero-order chi connectivity index (χ0) is 18.6. The number of carbonyl (C=O) groups is 1. The van der Waals surface area contributed by atoms with E-state index >= 15 is 0 Å². The number of hydrogen-bond donors (Lipinski definition) is 1. The summed E-state index contributed by atoms with van der Waals surface area (Å²) < 4.78 is 5.64. The van der Waals surface area contributed by atoms with E-state index in [2.05, 4.69) is 10.3 Å². The molecule has 2 aliphatic rings. The fourth-order valence-electron chi connectivity index (χ4n) is 3.15. The molecule has 2 aromatic rings. The topological polar surface area (TPSA) is 67.4 Å². The molecule has 0 aliphatic heterocycles. The van der Waals surface area contributed by atoms with E-state index in [0.29, 0.717) is 24.9 Å². The number of nitrogens with one attached hydrogen (secondary N) is 1. The highest BCUT2D eigenvalue weighted by molar-refractivity contribution is 7.11. The quantitative estimate of drug-likeness (QED) is 0.790. The van der Waals surface area contributed by atoms with Crippen molar-refractivity contribution in [2.24, 2.45) is 5.92 Å². The van der Waals surface area contributed by atoms with Crippen LogP contribution in [0.2, 0.25) is 0 Å². The van der Waals surface area contributed by atoms with Crippen LogP contribution in [0.15, 0.2) is 18.3 Å². The molecule has 2 aliphatic carbocycles. The number of aromatic nitrogens is 2. The highest BCUT2D eigenvalue weighted by Gasteiger charge is 2.22. The van der Waals surface area contributed by atoms with Crippen LogP contribution in [0.25, 0.3) is 0 Å². The minimum atomic E-state index is -0.0998. The van der Waals surface area contributed by atoms with Crippen molar-refractivity contribution >= 4 is 17.4 Å². The molecular formula is C20H26N4O2S. The van der Waals surface area contributed by atoms with Crippen LogP contribution in [0.5, 0.6) is 5.88 Å². The Morgan fingerprint density at radius 3 is 2.93 bits per heavy atom. The molecule has 0 radical (unpaired) electrons. The molecule has 6 nitrogen and oxygen atoms in total. The Morgan fingerprint density at radius 1 is 1.33 bits per heavy atom. The Morgan fingerprint density at radius 2 is 2.19 bits per heavy atom. The minimum Gasteiger partial charge on any atom is -0.477 e. The van der Waals surface area contributed by atoms with Gasteiger partial charge < -0.3 is 15.0 Å². The summed E-state index contributed by atoms with van der Waals surface area (Å²) in [4.78, 5) is 24.5. The molecule has 0 atom stereocenters. The number of urea groups is 1. The molecule has 7 heteroatoms. The number of carbonyl (C=O) groups excluding carboxylic acids is 1.